The molecule has 3 atom stereocenters. The third-order valence-electron chi connectivity index (χ3n) is 5.39. The maximum Gasteiger partial charge on any atom is 0.226 e. The predicted molar refractivity (Wildman–Crippen MR) is 74.8 cm³/mol. The van der Waals surface area contributed by atoms with Crippen LogP contribution in [0.2, 0.25) is 0 Å². The van der Waals surface area contributed by atoms with Crippen molar-refractivity contribution in [1.29, 1.82) is 0 Å². The number of nitrogens with one attached hydrogen (secondary N) is 1. The van der Waals surface area contributed by atoms with Gasteiger partial charge in [-0.3, -0.25) is 4.79 Å². The van der Waals surface area contributed by atoms with Gasteiger partial charge in [-0.1, -0.05) is 13.8 Å². The Morgan fingerprint density at radius 2 is 1.72 bits per heavy atom. The summed E-state index contributed by atoms with van der Waals surface area (Å²) in [6.45, 7) is 8.74. The average molecular weight is 273 g/mol. The number of carbonyl (C=O) groups is 1. The van der Waals surface area contributed by atoms with E-state index >= 15 is 0 Å². The van der Waals surface area contributed by atoms with Gasteiger partial charge in [0.25, 0.3) is 0 Å². The number of amides is 1. The van der Waals surface area contributed by atoms with E-state index < -0.39 is 0 Å². The fourth-order valence-electron chi connectivity index (χ4n) is 3.70. The number of nitrogens with zero attached hydrogens (tertiary/aromatic N) is 1. The van der Waals surface area contributed by atoms with E-state index in [9.17, 15) is 4.79 Å². The van der Waals surface area contributed by atoms with Crippen LogP contribution >= 0.6 is 12.4 Å². The van der Waals surface area contributed by atoms with Gasteiger partial charge in [0, 0.05) is 19.0 Å². The fraction of sp³-hybridized carbons (Fsp3) is 0.929. The monoisotopic (exact) mass is 272 g/mol. The smallest absolute Gasteiger partial charge is 0.226 e. The average Bonchev–Trinajstić information content (AvgIpc) is 2.90. The Morgan fingerprint density at radius 1 is 1.17 bits per heavy atom. The van der Waals surface area contributed by atoms with Crippen LogP contribution in [0.5, 0.6) is 0 Å². The lowest BCUT2D eigenvalue weighted by molar-refractivity contribution is -0.132. The second kappa shape index (κ2) is 5.01. The topological polar surface area (TPSA) is 32.3 Å². The number of rotatable bonds is 1. The first kappa shape index (κ1) is 14.1. The maximum atomic E-state index is 12.5. The van der Waals surface area contributed by atoms with E-state index in [-0.39, 0.29) is 12.4 Å². The molecule has 104 valence electrons. The zero-order chi connectivity index (χ0) is 12.0. The van der Waals surface area contributed by atoms with Crippen LogP contribution in [0.25, 0.3) is 0 Å². The molecule has 0 aromatic carbocycles. The van der Waals surface area contributed by atoms with Crippen molar-refractivity contribution in [1.82, 2.24) is 10.2 Å². The Morgan fingerprint density at radius 3 is 2.28 bits per heavy atom. The Bertz CT molecular complexity index is 318. The number of hydrogen-bond donors (Lipinski definition) is 1. The molecule has 18 heavy (non-hydrogen) atoms. The number of likely N-dealkylation sites (tertiary alicyclic amines) is 1. The standard InChI is InChI=1S/C14H24N2O.ClH/c1-10-8-16(9-11(10)2)13(17)12-7-14(12)3-5-15-6-4-14;/h10-12,15H,3-9H2,1-2H3;1H. The van der Waals surface area contributed by atoms with Gasteiger partial charge in [-0.25, -0.2) is 0 Å². The van der Waals surface area contributed by atoms with E-state index in [1.54, 1.807) is 0 Å². The highest BCUT2D eigenvalue weighted by molar-refractivity contribution is 5.85. The van der Waals surface area contributed by atoms with Crippen LogP contribution in [-0.2, 0) is 4.79 Å². The SMILES string of the molecule is CC1CN(C(=O)C2CC23CCNCC3)CC1C.Cl. The van der Waals surface area contributed by atoms with Crippen molar-refractivity contribution in [3.8, 4) is 0 Å². The highest BCUT2D eigenvalue weighted by Gasteiger charge is 2.58. The Kier molecular flexibility index (Phi) is 3.93. The fourth-order valence-corrected chi connectivity index (χ4v) is 3.70. The third-order valence-corrected chi connectivity index (χ3v) is 5.39. The lowest BCUT2D eigenvalue weighted by Gasteiger charge is -2.25. The molecule has 1 saturated carbocycles. The summed E-state index contributed by atoms with van der Waals surface area (Å²) < 4.78 is 0. The summed E-state index contributed by atoms with van der Waals surface area (Å²) in [7, 11) is 0. The zero-order valence-electron chi connectivity index (χ0n) is 11.4. The van der Waals surface area contributed by atoms with Gasteiger partial charge in [0.2, 0.25) is 5.91 Å². The summed E-state index contributed by atoms with van der Waals surface area (Å²) >= 11 is 0. The number of carbonyl (C=O) groups excluding carboxylic acids is 1. The molecule has 0 radical (unpaired) electrons. The molecule has 2 saturated heterocycles. The molecule has 2 heterocycles. The van der Waals surface area contributed by atoms with Gasteiger partial charge in [-0.05, 0) is 49.6 Å². The largest absolute Gasteiger partial charge is 0.342 e. The minimum absolute atomic E-state index is 0. The Balaban J connectivity index is 0.00000120. The first-order chi connectivity index (χ1) is 8.12. The summed E-state index contributed by atoms with van der Waals surface area (Å²) in [5, 5.41) is 3.40. The van der Waals surface area contributed by atoms with E-state index in [1.807, 2.05) is 0 Å². The lowest BCUT2D eigenvalue weighted by atomic mass is 9.91. The molecule has 3 aliphatic rings. The van der Waals surface area contributed by atoms with Crippen molar-refractivity contribution < 1.29 is 4.79 Å². The van der Waals surface area contributed by atoms with Crippen LogP contribution in [0, 0.1) is 23.2 Å². The van der Waals surface area contributed by atoms with Crippen molar-refractivity contribution in [2.24, 2.45) is 23.2 Å². The molecule has 4 heteroatoms. The van der Waals surface area contributed by atoms with E-state index in [1.165, 1.54) is 12.8 Å². The third kappa shape index (κ3) is 2.27. The molecule has 3 nitrogen and oxygen atoms in total. The van der Waals surface area contributed by atoms with Gasteiger partial charge < -0.3 is 10.2 Å². The van der Waals surface area contributed by atoms with E-state index in [4.69, 9.17) is 0 Å². The molecule has 3 fully saturated rings. The normalized spacial score (nSPS) is 37.4. The molecule has 0 aromatic heterocycles. The van der Waals surface area contributed by atoms with Crippen molar-refractivity contribution in [2.45, 2.75) is 33.1 Å². The molecule has 1 amide bonds. The summed E-state index contributed by atoms with van der Waals surface area (Å²) in [6.07, 6.45) is 3.58. The molecule has 3 rings (SSSR count). The van der Waals surface area contributed by atoms with E-state index in [0.717, 1.165) is 32.6 Å². The molecule has 2 aliphatic heterocycles. The highest BCUT2D eigenvalue weighted by Crippen LogP contribution is 2.59. The van der Waals surface area contributed by atoms with Crippen molar-refractivity contribution in [3.05, 3.63) is 0 Å². The second-order valence-corrected chi connectivity index (χ2v) is 6.57. The minimum atomic E-state index is 0. The van der Waals surface area contributed by atoms with Gasteiger partial charge in [0.1, 0.15) is 0 Å². The number of halogens is 1. The molecule has 1 aliphatic carbocycles. The predicted octanol–water partition coefficient (Wildman–Crippen LogP) is 1.91. The summed E-state index contributed by atoms with van der Waals surface area (Å²) in [4.78, 5) is 14.6. The maximum absolute atomic E-state index is 12.5. The molecular formula is C14H25ClN2O. The van der Waals surface area contributed by atoms with Gasteiger partial charge in [-0.2, -0.15) is 0 Å². The Labute approximate surface area is 116 Å². The lowest BCUT2D eigenvalue weighted by Crippen LogP contribution is -2.35. The molecular weight excluding hydrogens is 248 g/mol. The van der Waals surface area contributed by atoms with Crippen LogP contribution < -0.4 is 5.32 Å². The zero-order valence-corrected chi connectivity index (χ0v) is 12.3. The first-order valence-corrected chi connectivity index (χ1v) is 7.12. The molecule has 1 N–H and O–H groups in total. The van der Waals surface area contributed by atoms with Crippen LogP contribution in [0.15, 0.2) is 0 Å². The quantitative estimate of drug-likeness (QED) is 0.791. The van der Waals surface area contributed by atoms with Crippen LogP contribution in [-0.4, -0.2) is 37.0 Å². The van der Waals surface area contributed by atoms with Gasteiger partial charge in [-0.15, -0.1) is 12.4 Å². The minimum Gasteiger partial charge on any atom is -0.342 e. The van der Waals surface area contributed by atoms with E-state index in [2.05, 4.69) is 24.1 Å². The molecule has 3 unspecified atom stereocenters. The molecule has 1 spiro atoms. The first-order valence-electron chi connectivity index (χ1n) is 7.12. The molecule has 0 aromatic rings. The van der Waals surface area contributed by atoms with E-state index in [0.29, 0.717) is 29.1 Å². The second-order valence-electron chi connectivity index (χ2n) is 6.57. The van der Waals surface area contributed by atoms with Gasteiger partial charge in [0.15, 0.2) is 0 Å². The van der Waals surface area contributed by atoms with Crippen molar-refractivity contribution in [3.63, 3.8) is 0 Å². The van der Waals surface area contributed by atoms with Crippen LogP contribution in [0.3, 0.4) is 0 Å². The summed E-state index contributed by atoms with van der Waals surface area (Å²) in [5.41, 5.74) is 0.400. The summed E-state index contributed by atoms with van der Waals surface area (Å²) in [6, 6.07) is 0. The number of hydrogen-bond acceptors (Lipinski definition) is 2. The van der Waals surface area contributed by atoms with Crippen LogP contribution in [0.4, 0.5) is 0 Å². The summed E-state index contributed by atoms with van der Waals surface area (Å²) in [5.74, 6) is 2.19. The van der Waals surface area contributed by atoms with Crippen LogP contribution in [0.1, 0.15) is 33.1 Å². The van der Waals surface area contributed by atoms with Gasteiger partial charge >= 0.3 is 0 Å². The van der Waals surface area contributed by atoms with Crippen molar-refractivity contribution >= 4 is 18.3 Å². The molecule has 0 bridgehead atoms. The highest BCUT2D eigenvalue weighted by atomic mass is 35.5. The van der Waals surface area contributed by atoms with Gasteiger partial charge in [0.05, 0.1) is 0 Å². The van der Waals surface area contributed by atoms with Crippen molar-refractivity contribution in [2.75, 3.05) is 26.2 Å². The Hall–Kier alpha value is -0.280. The number of piperidine rings is 1.